The molecule has 2 rings (SSSR count). The van der Waals surface area contributed by atoms with Gasteiger partial charge in [0.05, 0.1) is 0 Å². The van der Waals surface area contributed by atoms with Crippen molar-refractivity contribution < 1.29 is 19.1 Å². The van der Waals surface area contributed by atoms with Gasteiger partial charge in [-0.05, 0) is 24.3 Å². The Morgan fingerprint density at radius 3 is 2.61 bits per heavy atom. The van der Waals surface area contributed by atoms with Gasteiger partial charge in [-0.25, -0.2) is 4.39 Å². The lowest BCUT2D eigenvalue weighted by Crippen LogP contribution is -2.55. The number of rotatable bonds is 2. The molecule has 1 heterocycles. The number of piperazine rings is 1. The second-order valence-corrected chi connectivity index (χ2v) is 4.10. The quantitative estimate of drug-likeness (QED) is 0.795. The van der Waals surface area contributed by atoms with E-state index in [4.69, 9.17) is 5.11 Å². The molecule has 6 heteroatoms. The first-order valence-corrected chi connectivity index (χ1v) is 5.59. The van der Waals surface area contributed by atoms with Crippen LogP contribution in [-0.4, -0.2) is 47.6 Å². The van der Waals surface area contributed by atoms with Crippen LogP contribution in [0.1, 0.15) is 10.4 Å². The van der Waals surface area contributed by atoms with Gasteiger partial charge < -0.3 is 15.3 Å². The Kier molecular flexibility index (Phi) is 3.57. The molecule has 0 aromatic heterocycles. The molecule has 1 unspecified atom stereocenters. The number of halogens is 1. The van der Waals surface area contributed by atoms with Crippen LogP contribution in [0.25, 0.3) is 0 Å². The Hall–Kier alpha value is -1.95. The average Bonchev–Trinajstić information content (AvgIpc) is 2.39. The van der Waals surface area contributed by atoms with Crippen molar-refractivity contribution in [2.24, 2.45) is 0 Å². The molecule has 1 fully saturated rings. The van der Waals surface area contributed by atoms with Crippen molar-refractivity contribution in [1.29, 1.82) is 0 Å². The SMILES string of the molecule is O=C(O)C1CN(C(=O)c2ccc(F)cc2)CCN1. The van der Waals surface area contributed by atoms with Crippen molar-refractivity contribution in [2.75, 3.05) is 19.6 Å². The summed E-state index contributed by atoms with van der Waals surface area (Å²) >= 11 is 0. The molecule has 0 saturated carbocycles. The molecular formula is C12H13FN2O3. The lowest BCUT2D eigenvalue weighted by Gasteiger charge is -2.31. The molecule has 5 nitrogen and oxygen atoms in total. The highest BCUT2D eigenvalue weighted by Crippen LogP contribution is 2.09. The van der Waals surface area contributed by atoms with Gasteiger partial charge in [-0.2, -0.15) is 0 Å². The lowest BCUT2D eigenvalue weighted by atomic mass is 10.1. The molecule has 0 aliphatic carbocycles. The highest BCUT2D eigenvalue weighted by molar-refractivity contribution is 5.94. The number of carboxylic acids is 1. The number of aliphatic carboxylic acids is 1. The maximum Gasteiger partial charge on any atom is 0.322 e. The molecule has 1 saturated heterocycles. The summed E-state index contributed by atoms with van der Waals surface area (Å²) in [7, 11) is 0. The van der Waals surface area contributed by atoms with E-state index in [0.717, 1.165) is 0 Å². The summed E-state index contributed by atoms with van der Waals surface area (Å²) in [5, 5.41) is 11.7. The molecule has 1 aromatic carbocycles. The number of nitrogens with zero attached hydrogens (tertiary/aromatic N) is 1. The minimum atomic E-state index is -0.980. The minimum Gasteiger partial charge on any atom is -0.480 e. The second kappa shape index (κ2) is 5.14. The standard InChI is InChI=1S/C12H13FN2O3/c13-9-3-1-8(2-4-9)11(16)15-6-5-14-10(7-15)12(17)18/h1-4,10,14H,5-7H2,(H,17,18). The van der Waals surface area contributed by atoms with E-state index >= 15 is 0 Å². The van der Waals surface area contributed by atoms with Gasteiger partial charge in [-0.3, -0.25) is 9.59 Å². The van der Waals surface area contributed by atoms with Crippen molar-refractivity contribution in [3.63, 3.8) is 0 Å². The summed E-state index contributed by atoms with van der Waals surface area (Å²) < 4.78 is 12.7. The molecule has 96 valence electrons. The molecule has 1 amide bonds. The van der Waals surface area contributed by atoms with Crippen LogP contribution in [0.2, 0.25) is 0 Å². The first-order chi connectivity index (χ1) is 8.58. The zero-order valence-corrected chi connectivity index (χ0v) is 9.60. The van der Waals surface area contributed by atoms with E-state index < -0.39 is 17.8 Å². The van der Waals surface area contributed by atoms with Crippen LogP contribution >= 0.6 is 0 Å². The largest absolute Gasteiger partial charge is 0.480 e. The van der Waals surface area contributed by atoms with Crippen LogP contribution in [-0.2, 0) is 4.79 Å². The Labute approximate surface area is 103 Å². The van der Waals surface area contributed by atoms with Gasteiger partial charge in [0.1, 0.15) is 11.9 Å². The van der Waals surface area contributed by atoms with E-state index in [0.29, 0.717) is 18.7 Å². The monoisotopic (exact) mass is 252 g/mol. The van der Waals surface area contributed by atoms with Crippen molar-refractivity contribution in [3.05, 3.63) is 35.6 Å². The number of carbonyl (C=O) groups excluding carboxylic acids is 1. The van der Waals surface area contributed by atoms with Gasteiger partial charge in [0.15, 0.2) is 0 Å². The molecular weight excluding hydrogens is 239 g/mol. The maximum absolute atomic E-state index is 12.7. The number of hydrogen-bond acceptors (Lipinski definition) is 3. The number of benzene rings is 1. The van der Waals surface area contributed by atoms with Crippen molar-refractivity contribution in [3.8, 4) is 0 Å². The highest BCUT2D eigenvalue weighted by atomic mass is 19.1. The first-order valence-electron chi connectivity index (χ1n) is 5.59. The van der Waals surface area contributed by atoms with Gasteiger partial charge in [-0.1, -0.05) is 0 Å². The van der Waals surface area contributed by atoms with E-state index in [9.17, 15) is 14.0 Å². The zero-order valence-electron chi connectivity index (χ0n) is 9.60. The summed E-state index contributed by atoms with van der Waals surface area (Å²) in [6.45, 7) is 0.995. The number of nitrogens with one attached hydrogen (secondary N) is 1. The van der Waals surface area contributed by atoms with E-state index in [2.05, 4.69) is 5.32 Å². The predicted octanol–water partition coefficient (Wildman–Crippen LogP) is 0.324. The van der Waals surface area contributed by atoms with E-state index in [1.54, 1.807) is 0 Å². The number of carbonyl (C=O) groups is 2. The number of hydrogen-bond donors (Lipinski definition) is 2. The molecule has 1 aromatic rings. The molecule has 18 heavy (non-hydrogen) atoms. The summed E-state index contributed by atoms with van der Waals surface area (Å²) in [6.07, 6.45) is 0. The Morgan fingerprint density at radius 1 is 1.33 bits per heavy atom. The predicted molar refractivity (Wildman–Crippen MR) is 61.7 cm³/mol. The lowest BCUT2D eigenvalue weighted by molar-refractivity contribution is -0.140. The molecule has 1 aliphatic heterocycles. The molecule has 1 atom stereocenters. The van der Waals surface area contributed by atoms with Gasteiger partial charge in [0.2, 0.25) is 0 Å². The van der Waals surface area contributed by atoms with Crippen LogP contribution in [0.5, 0.6) is 0 Å². The second-order valence-electron chi connectivity index (χ2n) is 4.10. The van der Waals surface area contributed by atoms with Crippen LogP contribution in [0.15, 0.2) is 24.3 Å². The van der Waals surface area contributed by atoms with E-state index in [1.165, 1.54) is 29.2 Å². The van der Waals surface area contributed by atoms with Crippen molar-refractivity contribution in [1.82, 2.24) is 10.2 Å². The first kappa shape index (κ1) is 12.5. The number of amides is 1. The third kappa shape index (κ3) is 2.65. The molecule has 0 spiro atoms. The van der Waals surface area contributed by atoms with Gasteiger partial charge in [0, 0.05) is 25.2 Å². The summed E-state index contributed by atoms with van der Waals surface area (Å²) in [5.41, 5.74) is 0.363. The van der Waals surface area contributed by atoms with Gasteiger partial charge >= 0.3 is 5.97 Å². The fourth-order valence-electron chi connectivity index (χ4n) is 1.87. The molecule has 1 aliphatic rings. The van der Waals surface area contributed by atoms with Gasteiger partial charge in [0.25, 0.3) is 5.91 Å². The van der Waals surface area contributed by atoms with Crippen LogP contribution in [0.3, 0.4) is 0 Å². The minimum absolute atomic E-state index is 0.117. The fourth-order valence-corrected chi connectivity index (χ4v) is 1.87. The fraction of sp³-hybridized carbons (Fsp3) is 0.333. The summed E-state index contributed by atoms with van der Waals surface area (Å²) in [5.74, 6) is -1.66. The van der Waals surface area contributed by atoms with E-state index in [1.807, 2.05) is 0 Å². The Balaban J connectivity index is 2.09. The summed E-state index contributed by atoms with van der Waals surface area (Å²) in [6, 6.07) is 4.47. The Bertz CT molecular complexity index is 461. The van der Waals surface area contributed by atoms with Crippen molar-refractivity contribution >= 4 is 11.9 Å². The topological polar surface area (TPSA) is 69.6 Å². The van der Waals surface area contributed by atoms with Crippen LogP contribution in [0.4, 0.5) is 4.39 Å². The van der Waals surface area contributed by atoms with Crippen molar-refractivity contribution in [2.45, 2.75) is 6.04 Å². The van der Waals surface area contributed by atoms with Crippen LogP contribution in [0, 0.1) is 5.82 Å². The third-order valence-corrected chi connectivity index (χ3v) is 2.85. The third-order valence-electron chi connectivity index (χ3n) is 2.85. The average molecular weight is 252 g/mol. The number of carboxylic acid groups (broad SMARTS) is 1. The maximum atomic E-state index is 12.7. The molecule has 0 radical (unpaired) electrons. The summed E-state index contributed by atoms with van der Waals surface area (Å²) in [4.78, 5) is 24.4. The van der Waals surface area contributed by atoms with Gasteiger partial charge in [-0.15, -0.1) is 0 Å². The molecule has 0 bridgehead atoms. The normalized spacial score (nSPS) is 19.6. The zero-order chi connectivity index (χ0) is 13.1. The van der Waals surface area contributed by atoms with Crippen LogP contribution < -0.4 is 5.32 Å². The van der Waals surface area contributed by atoms with E-state index in [-0.39, 0.29) is 12.5 Å². The highest BCUT2D eigenvalue weighted by Gasteiger charge is 2.28. The Morgan fingerprint density at radius 2 is 2.00 bits per heavy atom. The smallest absolute Gasteiger partial charge is 0.322 e. The molecule has 2 N–H and O–H groups in total.